The van der Waals surface area contributed by atoms with Crippen LogP contribution in [-0.2, 0) is 0 Å². The molecule has 0 aromatic carbocycles. The molecular weight excluding hydrogens is 508 g/mol. The summed E-state index contributed by atoms with van der Waals surface area (Å²) in [6.07, 6.45) is 1.25. The van der Waals surface area contributed by atoms with Gasteiger partial charge in [0.25, 0.3) is 0 Å². The van der Waals surface area contributed by atoms with E-state index in [0.29, 0.717) is 25.3 Å². The Morgan fingerprint density at radius 1 is 0.750 bits per heavy atom. The smallest absolute Gasteiger partial charge is 0.409 e. The summed E-state index contributed by atoms with van der Waals surface area (Å²) in [5, 5.41) is 22.9. The molecule has 3 fully saturated rings. The van der Waals surface area contributed by atoms with Gasteiger partial charge in [0.2, 0.25) is 0 Å². The normalized spacial score (nSPS) is 37.2. The molecule has 1 aliphatic carbocycles. The van der Waals surface area contributed by atoms with Crippen LogP contribution >= 0.6 is 0 Å². The van der Waals surface area contributed by atoms with Crippen molar-refractivity contribution in [3.8, 4) is 0 Å². The van der Waals surface area contributed by atoms with Crippen LogP contribution in [0.5, 0.6) is 0 Å². The highest BCUT2D eigenvalue weighted by Crippen LogP contribution is 2.53. The fraction of sp³-hybridized carbons (Fsp3) is 0.933. The third kappa shape index (κ3) is 5.11. The molecule has 0 aromatic rings. The van der Waals surface area contributed by atoms with Crippen molar-refractivity contribution in [1.82, 2.24) is 25.1 Å². The van der Waals surface area contributed by atoms with E-state index < -0.39 is 40.1 Å². The number of nitrogens with zero attached hydrogens (tertiary/aromatic N) is 4. The maximum atomic E-state index is 12.8. The quantitative estimate of drug-likeness (QED) is 0.366. The first-order valence-corrected chi connectivity index (χ1v) is 15.0. The van der Waals surface area contributed by atoms with Gasteiger partial charge < -0.3 is 15.9 Å². The Bertz CT molecular complexity index is 995. The SMILES string of the molecule is CC1CC(C)(C)C(N2C(C)CC(C)(C)N(C(=O)O)C2(C)C)C(CN)(NN2C(C)CC(C)(C)N(C(=O)O)C2(C)C)C1. The highest BCUT2D eigenvalue weighted by molar-refractivity contribution is 5.68. The molecule has 2 saturated heterocycles. The van der Waals surface area contributed by atoms with E-state index in [-0.39, 0.29) is 23.5 Å². The topological polar surface area (TPSA) is 126 Å². The van der Waals surface area contributed by atoms with Crippen molar-refractivity contribution in [3.05, 3.63) is 0 Å². The maximum Gasteiger partial charge on any atom is 0.409 e. The average Bonchev–Trinajstić information content (AvgIpc) is 2.69. The Hall–Kier alpha value is -1.62. The number of rotatable bonds is 4. The predicted molar refractivity (Wildman–Crippen MR) is 159 cm³/mol. The average molecular weight is 567 g/mol. The number of amides is 2. The Morgan fingerprint density at radius 3 is 1.65 bits per heavy atom. The Balaban J connectivity index is 2.22. The van der Waals surface area contributed by atoms with E-state index in [4.69, 9.17) is 5.73 Å². The van der Waals surface area contributed by atoms with Crippen LogP contribution in [0.15, 0.2) is 0 Å². The highest BCUT2D eigenvalue weighted by Gasteiger charge is 2.63. The van der Waals surface area contributed by atoms with E-state index >= 15 is 0 Å². The summed E-state index contributed by atoms with van der Waals surface area (Å²) < 4.78 is 0. The molecule has 2 amide bonds. The van der Waals surface area contributed by atoms with Gasteiger partial charge in [0.1, 0.15) is 5.66 Å². The second-order valence-electron chi connectivity index (χ2n) is 16.1. The summed E-state index contributed by atoms with van der Waals surface area (Å²) >= 11 is 0. The minimum Gasteiger partial charge on any atom is -0.465 e. The molecule has 232 valence electrons. The summed E-state index contributed by atoms with van der Waals surface area (Å²) in [6.45, 7) is 27.5. The molecule has 5 N–H and O–H groups in total. The second-order valence-corrected chi connectivity index (χ2v) is 16.1. The van der Waals surface area contributed by atoms with E-state index in [0.717, 1.165) is 12.8 Å². The van der Waals surface area contributed by atoms with Crippen molar-refractivity contribution in [3.63, 3.8) is 0 Å². The molecule has 0 radical (unpaired) electrons. The van der Waals surface area contributed by atoms with E-state index in [2.05, 4.69) is 50.0 Å². The van der Waals surface area contributed by atoms with Gasteiger partial charge in [-0.15, -0.1) is 0 Å². The summed E-state index contributed by atoms with van der Waals surface area (Å²) in [4.78, 5) is 31.0. The third-order valence-corrected chi connectivity index (χ3v) is 10.3. The maximum absolute atomic E-state index is 12.8. The summed E-state index contributed by atoms with van der Waals surface area (Å²) in [7, 11) is 0. The van der Waals surface area contributed by atoms with Crippen molar-refractivity contribution in [2.45, 2.75) is 162 Å². The Labute approximate surface area is 242 Å². The minimum atomic E-state index is -0.950. The molecule has 5 unspecified atom stereocenters. The molecule has 10 nitrogen and oxygen atoms in total. The van der Waals surface area contributed by atoms with E-state index in [1.54, 1.807) is 9.80 Å². The summed E-state index contributed by atoms with van der Waals surface area (Å²) in [5.74, 6) is 0.368. The van der Waals surface area contributed by atoms with Crippen molar-refractivity contribution in [2.75, 3.05) is 6.54 Å². The molecule has 3 rings (SSSR count). The van der Waals surface area contributed by atoms with Gasteiger partial charge in [0.05, 0.1) is 11.2 Å². The molecular formula is C30H58N6O4. The minimum absolute atomic E-state index is 0.0336. The largest absolute Gasteiger partial charge is 0.465 e. The molecule has 5 atom stereocenters. The lowest BCUT2D eigenvalue weighted by Gasteiger charge is -2.69. The summed E-state index contributed by atoms with van der Waals surface area (Å²) in [5.41, 5.74) is 7.17. The van der Waals surface area contributed by atoms with Crippen LogP contribution in [0.25, 0.3) is 0 Å². The van der Waals surface area contributed by atoms with Gasteiger partial charge >= 0.3 is 12.2 Å². The predicted octanol–water partition coefficient (Wildman–Crippen LogP) is 5.19. The fourth-order valence-electron chi connectivity index (χ4n) is 10.2. The van der Waals surface area contributed by atoms with Crippen molar-refractivity contribution in [1.29, 1.82) is 0 Å². The van der Waals surface area contributed by atoms with Gasteiger partial charge in [-0.3, -0.25) is 14.7 Å². The van der Waals surface area contributed by atoms with Crippen LogP contribution in [-0.4, -0.2) is 94.7 Å². The van der Waals surface area contributed by atoms with Gasteiger partial charge in [0.15, 0.2) is 0 Å². The van der Waals surface area contributed by atoms with E-state index in [1.165, 1.54) is 0 Å². The number of nitrogens with two attached hydrogens (primary N) is 1. The number of carbonyl (C=O) groups is 2. The first-order valence-electron chi connectivity index (χ1n) is 15.0. The molecule has 3 aliphatic rings. The fourth-order valence-corrected chi connectivity index (χ4v) is 10.2. The number of hydrogen-bond donors (Lipinski definition) is 4. The highest BCUT2D eigenvalue weighted by atomic mass is 16.4. The van der Waals surface area contributed by atoms with Crippen molar-refractivity contribution in [2.24, 2.45) is 17.1 Å². The molecule has 0 spiro atoms. The van der Waals surface area contributed by atoms with Gasteiger partial charge in [-0.2, -0.15) is 0 Å². The first-order chi connectivity index (χ1) is 17.9. The number of carboxylic acid groups (broad SMARTS) is 2. The zero-order valence-corrected chi connectivity index (χ0v) is 27.4. The molecule has 0 bridgehead atoms. The molecule has 2 aliphatic heterocycles. The van der Waals surface area contributed by atoms with E-state index in [9.17, 15) is 19.8 Å². The standard InChI is InChI=1S/C30H58N6O4/c1-19-14-25(4,5)22(33-20(2)16-26(6,7)34(23(37)38)28(33,10)11)30(15-19,18-31)32-36-21(3)17-27(8,9)35(24(39)40)29(36,12)13/h19-22,32H,14-18,31H2,1-13H3,(H,37,38)(H,39,40). The molecule has 0 aromatic heterocycles. The Morgan fingerprint density at radius 2 is 1.20 bits per heavy atom. The lowest BCUT2D eigenvalue weighted by Crippen LogP contribution is -2.84. The zero-order valence-electron chi connectivity index (χ0n) is 27.4. The van der Waals surface area contributed by atoms with Crippen molar-refractivity contribution < 1.29 is 19.8 Å². The first kappa shape index (κ1) is 32.9. The van der Waals surface area contributed by atoms with Crippen LogP contribution in [0.3, 0.4) is 0 Å². The van der Waals surface area contributed by atoms with Crippen LogP contribution in [0.4, 0.5) is 9.59 Å². The van der Waals surface area contributed by atoms with Gasteiger partial charge in [-0.05, 0) is 106 Å². The van der Waals surface area contributed by atoms with Gasteiger partial charge in [0, 0.05) is 35.7 Å². The van der Waals surface area contributed by atoms with Gasteiger partial charge in [-0.1, -0.05) is 20.8 Å². The van der Waals surface area contributed by atoms with Crippen LogP contribution in [0.1, 0.15) is 116 Å². The Kier molecular flexibility index (Phi) is 8.21. The lowest BCUT2D eigenvalue weighted by atomic mass is 9.59. The van der Waals surface area contributed by atoms with E-state index in [1.807, 2.05) is 55.4 Å². The second kappa shape index (κ2) is 9.99. The monoisotopic (exact) mass is 566 g/mol. The summed E-state index contributed by atoms with van der Waals surface area (Å²) in [6, 6.07) is -0.00104. The zero-order chi connectivity index (χ0) is 31.0. The van der Waals surface area contributed by atoms with Crippen LogP contribution in [0.2, 0.25) is 0 Å². The molecule has 40 heavy (non-hydrogen) atoms. The number of nitrogens with one attached hydrogen (secondary N) is 1. The van der Waals surface area contributed by atoms with Crippen molar-refractivity contribution >= 4 is 12.2 Å². The van der Waals surface area contributed by atoms with Crippen LogP contribution in [0, 0.1) is 11.3 Å². The number of hydrogen-bond acceptors (Lipinski definition) is 6. The lowest BCUT2D eigenvalue weighted by molar-refractivity contribution is -0.220. The van der Waals surface area contributed by atoms with Crippen LogP contribution < -0.4 is 11.2 Å². The number of hydrazine groups is 1. The molecule has 2 heterocycles. The third-order valence-electron chi connectivity index (χ3n) is 10.3. The van der Waals surface area contributed by atoms with Gasteiger partial charge in [-0.25, -0.2) is 20.0 Å². The molecule has 10 heteroatoms. The molecule has 1 saturated carbocycles.